The van der Waals surface area contributed by atoms with Gasteiger partial charge in [0.05, 0.1) is 10.7 Å². The van der Waals surface area contributed by atoms with Gasteiger partial charge in [0.25, 0.3) is 0 Å². The van der Waals surface area contributed by atoms with Gasteiger partial charge in [-0.25, -0.2) is 4.98 Å². The molecule has 120 valence electrons. The van der Waals surface area contributed by atoms with E-state index in [1.54, 1.807) is 11.3 Å². The Labute approximate surface area is 134 Å². The molecular weight excluding hydrogens is 276 g/mol. The Hall–Kier alpha value is -0.410. The molecule has 0 radical (unpaired) electrons. The molecule has 2 nitrogen and oxygen atoms in total. The number of nitrogens with zero attached hydrogens (tertiary/aromatic N) is 1. The van der Waals surface area contributed by atoms with Crippen LogP contribution in [0.15, 0.2) is 5.38 Å². The summed E-state index contributed by atoms with van der Waals surface area (Å²) in [6, 6.07) is 0.628. The van der Waals surface area contributed by atoms with Crippen molar-refractivity contribution in [1.29, 1.82) is 0 Å². The fourth-order valence-corrected chi connectivity index (χ4v) is 4.39. The molecule has 2 rings (SSSR count). The van der Waals surface area contributed by atoms with Crippen molar-refractivity contribution in [2.45, 2.75) is 78.2 Å². The Bertz CT molecular complexity index is 394. The van der Waals surface area contributed by atoms with Crippen molar-refractivity contribution >= 4 is 11.3 Å². The van der Waals surface area contributed by atoms with Gasteiger partial charge >= 0.3 is 0 Å². The molecule has 1 atom stereocenters. The van der Waals surface area contributed by atoms with Crippen LogP contribution in [0.2, 0.25) is 0 Å². The van der Waals surface area contributed by atoms with E-state index in [1.165, 1.54) is 55.6 Å². The number of rotatable bonds is 8. The van der Waals surface area contributed by atoms with Crippen molar-refractivity contribution < 1.29 is 0 Å². The first-order chi connectivity index (χ1) is 10.2. The third-order valence-electron chi connectivity index (χ3n) is 4.99. The lowest BCUT2D eigenvalue weighted by Gasteiger charge is -2.34. The van der Waals surface area contributed by atoms with E-state index in [0.717, 1.165) is 24.8 Å². The van der Waals surface area contributed by atoms with Crippen molar-refractivity contribution in [3.63, 3.8) is 0 Å². The van der Waals surface area contributed by atoms with Crippen LogP contribution in [-0.4, -0.2) is 17.6 Å². The number of likely N-dealkylation sites (N-methyl/N-ethyl adjacent to an activating group) is 1. The average Bonchev–Trinajstić information content (AvgIpc) is 2.90. The maximum atomic E-state index is 4.66. The van der Waals surface area contributed by atoms with Crippen molar-refractivity contribution in [2.75, 3.05) is 6.54 Å². The summed E-state index contributed by atoms with van der Waals surface area (Å²) in [7, 11) is 0. The third kappa shape index (κ3) is 5.37. The van der Waals surface area contributed by atoms with Gasteiger partial charge in [0.15, 0.2) is 0 Å². The van der Waals surface area contributed by atoms with E-state index in [4.69, 9.17) is 0 Å². The predicted octanol–water partition coefficient (Wildman–Crippen LogP) is 4.97. The Balaban J connectivity index is 1.84. The molecule has 0 spiro atoms. The summed E-state index contributed by atoms with van der Waals surface area (Å²) >= 11 is 1.78. The van der Waals surface area contributed by atoms with Crippen LogP contribution in [0.1, 0.15) is 69.5 Å². The monoisotopic (exact) mass is 308 g/mol. The van der Waals surface area contributed by atoms with E-state index in [1.807, 2.05) is 0 Å². The second-order valence-electron chi connectivity index (χ2n) is 6.65. The van der Waals surface area contributed by atoms with Gasteiger partial charge in [-0.1, -0.05) is 46.0 Å². The molecule has 0 bridgehead atoms. The zero-order chi connectivity index (χ0) is 15.1. The van der Waals surface area contributed by atoms with Crippen LogP contribution < -0.4 is 5.32 Å². The van der Waals surface area contributed by atoms with Crippen molar-refractivity contribution in [3.8, 4) is 0 Å². The summed E-state index contributed by atoms with van der Waals surface area (Å²) in [4.78, 5) is 4.66. The number of hydrogen-bond acceptors (Lipinski definition) is 3. The fraction of sp³-hybridized carbons (Fsp3) is 0.833. The number of thiazole rings is 1. The van der Waals surface area contributed by atoms with Crippen molar-refractivity contribution in [1.82, 2.24) is 10.3 Å². The molecule has 0 aliphatic heterocycles. The maximum absolute atomic E-state index is 4.66. The van der Waals surface area contributed by atoms with Crippen molar-refractivity contribution in [2.24, 2.45) is 11.8 Å². The SMILES string of the molecule is CCCCC1CCC(C(Cc2csc(C)n2)NCC)CC1. The minimum atomic E-state index is 0.628. The van der Waals surface area contributed by atoms with Gasteiger partial charge in [-0.3, -0.25) is 0 Å². The predicted molar refractivity (Wildman–Crippen MR) is 93.0 cm³/mol. The molecule has 0 aromatic carbocycles. The number of aryl methyl sites for hydroxylation is 1. The van der Waals surface area contributed by atoms with Crippen molar-refractivity contribution in [3.05, 3.63) is 16.1 Å². The molecule has 0 saturated heterocycles. The van der Waals surface area contributed by atoms with Gasteiger partial charge in [0.2, 0.25) is 0 Å². The highest BCUT2D eigenvalue weighted by atomic mass is 32.1. The second kappa shape index (κ2) is 8.89. The number of nitrogens with one attached hydrogen (secondary N) is 1. The van der Waals surface area contributed by atoms with E-state index in [0.29, 0.717) is 6.04 Å². The number of unbranched alkanes of at least 4 members (excludes halogenated alkanes) is 1. The molecule has 1 aliphatic rings. The Morgan fingerprint density at radius 3 is 2.62 bits per heavy atom. The number of hydrogen-bond donors (Lipinski definition) is 1. The van der Waals surface area contributed by atoms with E-state index >= 15 is 0 Å². The maximum Gasteiger partial charge on any atom is 0.0897 e. The molecule has 1 unspecified atom stereocenters. The molecule has 0 amide bonds. The smallest absolute Gasteiger partial charge is 0.0897 e. The molecule has 1 heterocycles. The lowest BCUT2D eigenvalue weighted by molar-refractivity contribution is 0.212. The normalized spacial score (nSPS) is 24.1. The highest BCUT2D eigenvalue weighted by molar-refractivity contribution is 7.09. The highest BCUT2D eigenvalue weighted by Crippen LogP contribution is 2.34. The zero-order valence-corrected chi connectivity index (χ0v) is 14.8. The minimum Gasteiger partial charge on any atom is -0.314 e. The first-order valence-electron chi connectivity index (χ1n) is 8.87. The molecular formula is C18H32N2S. The van der Waals surface area contributed by atoms with Crippen LogP contribution in [0.3, 0.4) is 0 Å². The Kier molecular flexibility index (Phi) is 7.18. The Morgan fingerprint density at radius 2 is 2.05 bits per heavy atom. The van der Waals surface area contributed by atoms with Crippen LogP contribution in [0.25, 0.3) is 0 Å². The quantitative estimate of drug-likeness (QED) is 0.733. The van der Waals surface area contributed by atoms with E-state index < -0.39 is 0 Å². The number of aromatic nitrogens is 1. The Morgan fingerprint density at radius 1 is 1.29 bits per heavy atom. The van der Waals surface area contributed by atoms with Gasteiger partial charge in [-0.05, 0) is 38.1 Å². The van der Waals surface area contributed by atoms with Gasteiger partial charge in [0.1, 0.15) is 0 Å². The molecule has 1 fully saturated rings. The summed E-state index contributed by atoms with van der Waals surface area (Å²) in [5.74, 6) is 1.86. The zero-order valence-electron chi connectivity index (χ0n) is 14.0. The third-order valence-corrected chi connectivity index (χ3v) is 5.81. The highest BCUT2D eigenvalue weighted by Gasteiger charge is 2.27. The van der Waals surface area contributed by atoms with Crippen LogP contribution in [0.5, 0.6) is 0 Å². The molecule has 1 aromatic heterocycles. The molecule has 21 heavy (non-hydrogen) atoms. The summed E-state index contributed by atoms with van der Waals surface area (Å²) in [6.45, 7) is 7.72. The lowest BCUT2D eigenvalue weighted by atomic mass is 9.76. The second-order valence-corrected chi connectivity index (χ2v) is 7.71. The minimum absolute atomic E-state index is 0.628. The van der Waals surface area contributed by atoms with Gasteiger partial charge in [-0.15, -0.1) is 11.3 Å². The lowest BCUT2D eigenvalue weighted by Crippen LogP contribution is -2.39. The van der Waals surface area contributed by atoms with Crippen LogP contribution in [0, 0.1) is 18.8 Å². The van der Waals surface area contributed by atoms with Gasteiger partial charge < -0.3 is 5.32 Å². The first-order valence-corrected chi connectivity index (χ1v) is 9.75. The fourth-order valence-electron chi connectivity index (χ4n) is 3.77. The first kappa shape index (κ1) is 17.0. The average molecular weight is 309 g/mol. The molecule has 3 heteroatoms. The standard InChI is InChI=1S/C18H32N2S/c1-4-6-7-15-8-10-16(11-9-15)18(19-5-2)12-17-13-21-14(3)20-17/h13,15-16,18-19H,4-12H2,1-3H3. The summed E-state index contributed by atoms with van der Waals surface area (Å²) in [6.07, 6.45) is 11.1. The van der Waals surface area contributed by atoms with E-state index in [9.17, 15) is 0 Å². The van der Waals surface area contributed by atoms with E-state index in [2.05, 4.69) is 36.5 Å². The van der Waals surface area contributed by atoms with Crippen LogP contribution in [-0.2, 0) is 6.42 Å². The largest absolute Gasteiger partial charge is 0.314 e. The molecule has 1 aliphatic carbocycles. The topological polar surface area (TPSA) is 24.9 Å². The summed E-state index contributed by atoms with van der Waals surface area (Å²) < 4.78 is 0. The van der Waals surface area contributed by atoms with Crippen LogP contribution in [0.4, 0.5) is 0 Å². The van der Waals surface area contributed by atoms with Crippen LogP contribution >= 0.6 is 11.3 Å². The molecule has 1 saturated carbocycles. The van der Waals surface area contributed by atoms with Gasteiger partial charge in [-0.2, -0.15) is 0 Å². The summed E-state index contributed by atoms with van der Waals surface area (Å²) in [5, 5.41) is 7.17. The molecule has 1 aromatic rings. The molecule has 1 N–H and O–H groups in total. The summed E-state index contributed by atoms with van der Waals surface area (Å²) in [5.41, 5.74) is 1.29. The van der Waals surface area contributed by atoms with Gasteiger partial charge in [0, 0.05) is 17.8 Å². The van der Waals surface area contributed by atoms with E-state index in [-0.39, 0.29) is 0 Å².